The zero-order valence-corrected chi connectivity index (χ0v) is 17.7. The molecule has 0 radical (unpaired) electrons. The molecule has 0 aromatic heterocycles. The highest BCUT2D eigenvalue weighted by molar-refractivity contribution is 6.37. The standard InChI is InChI=1S/C21H29ClN2O2.ClH/c1-3-4-5-18(24-12-10-23-11-13-24)21(25)16-6-8-17-15(14-16)7-9-19(26-2)20(17)22;/h6-9,14,18,21,23,25H,3-5,10-13H2,1-2H3;1H. The van der Waals surface area contributed by atoms with Crippen molar-refractivity contribution >= 4 is 34.8 Å². The smallest absolute Gasteiger partial charge is 0.138 e. The van der Waals surface area contributed by atoms with Crippen LogP contribution in [0.4, 0.5) is 0 Å². The summed E-state index contributed by atoms with van der Waals surface area (Å²) < 4.78 is 5.30. The highest BCUT2D eigenvalue weighted by atomic mass is 35.5. The molecule has 3 rings (SSSR count). The molecule has 2 aromatic rings. The van der Waals surface area contributed by atoms with Crippen molar-refractivity contribution in [3.05, 3.63) is 40.9 Å². The van der Waals surface area contributed by atoms with Crippen LogP contribution in [-0.4, -0.2) is 49.3 Å². The molecule has 2 atom stereocenters. The van der Waals surface area contributed by atoms with Crippen molar-refractivity contribution in [2.45, 2.75) is 38.3 Å². The number of benzene rings is 2. The lowest BCUT2D eigenvalue weighted by molar-refractivity contribution is 0.0352. The number of hydrogen-bond donors (Lipinski definition) is 2. The first-order valence-corrected chi connectivity index (χ1v) is 9.92. The van der Waals surface area contributed by atoms with Crippen LogP contribution < -0.4 is 10.1 Å². The van der Waals surface area contributed by atoms with E-state index in [0.29, 0.717) is 10.8 Å². The lowest BCUT2D eigenvalue weighted by Gasteiger charge is -2.38. The fourth-order valence-electron chi connectivity index (χ4n) is 3.82. The minimum Gasteiger partial charge on any atom is -0.495 e. The number of hydrogen-bond acceptors (Lipinski definition) is 4. The summed E-state index contributed by atoms with van der Waals surface area (Å²) in [7, 11) is 1.62. The van der Waals surface area contributed by atoms with Crippen LogP contribution in [0.5, 0.6) is 5.75 Å². The van der Waals surface area contributed by atoms with E-state index in [1.807, 2.05) is 24.3 Å². The average molecular weight is 413 g/mol. The SMILES string of the molecule is CCCCC(C(O)c1ccc2c(Cl)c(OC)ccc2c1)N1CCNCC1.Cl. The normalized spacial score (nSPS) is 17.3. The van der Waals surface area contributed by atoms with E-state index in [9.17, 15) is 5.11 Å². The molecular formula is C21H30Cl2N2O2. The van der Waals surface area contributed by atoms with Crippen LogP contribution in [0.1, 0.15) is 37.9 Å². The summed E-state index contributed by atoms with van der Waals surface area (Å²) in [6.07, 6.45) is 2.79. The van der Waals surface area contributed by atoms with Gasteiger partial charge in [0.2, 0.25) is 0 Å². The van der Waals surface area contributed by atoms with Crippen LogP contribution in [-0.2, 0) is 0 Å². The molecule has 1 heterocycles. The van der Waals surface area contributed by atoms with Gasteiger partial charge in [0.1, 0.15) is 5.75 Å². The van der Waals surface area contributed by atoms with Crippen molar-refractivity contribution in [1.29, 1.82) is 0 Å². The molecule has 2 N–H and O–H groups in total. The summed E-state index contributed by atoms with van der Waals surface area (Å²) in [5.74, 6) is 0.675. The van der Waals surface area contributed by atoms with Crippen molar-refractivity contribution in [2.24, 2.45) is 0 Å². The Kier molecular flexibility index (Phi) is 8.64. The van der Waals surface area contributed by atoms with Crippen molar-refractivity contribution in [3.63, 3.8) is 0 Å². The molecule has 0 spiro atoms. The third-order valence-electron chi connectivity index (χ3n) is 5.34. The maximum absolute atomic E-state index is 11.2. The molecule has 1 aliphatic rings. The molecule has 27 heavy (non-hydrogen) atoms. The van der Waals surface area contributed by atoms with Gasteiger partial charge in [-0.15, -0.1) is 12.4 Å². The number of rotatable bonds is 7. The van der Waals surface area contributed by atoms with Crippen LogP contribution in [0.3, 0.4) is 0 Å². The Morgan fingerprint density at radius 1 is 1.22 bits per heavy atom. The number of methoxy groups -OCH3 is 1. The monoisotopic (exact) mass is 412 g/mol. The van der Waals surface area contributed by atoms with Crippen LogP contribution >= 0.6 is 24.0 Å². The van der Waals surface area contributed by atoms with E-state index in [4.69, 9.17) is 16.3 Å². The molecule has 1 saturated heterocycles. The average Bonchev–Trinajstić information content (AvgIpc) is 2.69. The number of fused-ring (bicyclic) bond motifs is 1. The highest BCUT2D eigenvalue weighted by Gasteiger charge is 2.28. The van der Waals surface area contributed by atoms with E-state index in [-0.39, 0.29) is 18.4 Å². The third kappa shape index (κ3) is 5.07. The summed E-state index contributed by atoms with van der Waals surface area (Å²) in [6.45, 7) is 6.15. The van der Waals surface area contributed by atoms with Crippen molar-refractivity contribution in [3.8, 4) is 5.75 Å². The van der Waals surface area contributed by atoms with E-state index >= 15 is 0 Å². The van der Waals surface area contributed by atoms with Gasteiger partial charge in [0.05, 0.1) is 18.2 Å². The Balaban J connectivity index is 0.00000261. The second kappa shape index (κ2) is 10.5. The van der Waals surface area contributed by atoms with E-state index in [1.165, 1.54) is 0 Å². The molecular weight excluding hydrogens is 383 g/mol. The van der Waals surface area contributed by atoms with Gasteiger partial charge < -0.3 is 15.2 Å². The Morgan fingerprint density at radius 2 is 1.96 bits per heavy atom. The first-order chi connectivity index (χ1) is 12.7. The molecule has 2 aromatic carbocycles. The molecule has 4 nitrogen and oxygen atoms in total. The molecule has 6 heteroatoms. The summed E-state index contributed by atoms with van der Waals surface area (Å²) in [4.78, 5) is 2.43. The predicted molar refractivity (Wildman–Crippen MR) is 115 cm³/mol. The number of nitrogens with one attached hydrogen (secondary N) is 1. The second-order valence-electron chi connectivity index (χ2n) is 7.00. The van der Waals surface area contributed by atoms with Crippen molar-refractivity contribution in [1.82, 2.24) is 10.2 Å². The van der Waals surface area contributed by atoms with E-state index in [2.05, 4.69) is 23.2 Å². The van der Waals surface area contributed by atoms with Crippen LogP contribution in [0.25, 0.3) is 10.8 Å². The van der Waals surface area contributed by atoms with E-state index in [0.717, 1.165) is 61.8 Å². The molecule has 1 fully saturated rings. The highest BCUT2D eigenvalue weighted by Crippen LogP contribution is 2.35. The first-order valence-electron chi connectivity index (χ1n) is 9.54. The Hall–Kier alpha value is -1.04. The van der Waals surface area contributed by atoms with Gasteiger partial charge in [-0.3, -0.25) is 4.90 Å². The van der Waals surface area contributed by atoms with Gasteiger partial charge in [-0.1, -0.05) is 49.6 Å². The van der Waals surface area contributed by atoms with E-state index in [1.54, 1.807) is 7.11 Å². The molecule has 150 valence electrons. The quantitative estimate of drug-likeness (QED) is 0.706. The predicted octanol–water partition coefficient (Wildman–Crippen LogP) is 4.42. The number of ether oxygens (including phenoxy) is 1. The Labute approximate surface area is 173 Å². The zero-order chi connectivity index (χ0) is 18.5. The number of aliphatic hydroxyl groups excluding tert-OH is 1. The van der Waals surface area contributed by atoms with Gasteiger partial charge in [-0.25, -0.2) is 0 Å². The van der Waals surface area contributed by atoms with Gasteiger partial charge in [-0.2, -0.15) is 0 Å². The fourth-order valence-corrected chi connectivity index (χ4v) is 4.13. The summed E-state index contributed by atoms with van der Waals surface area (Å²) >= 11 is 6.42. The lowest BCUT2D eigenvalue weighted by Crippen LogP contribution is -2.50. The topological polar surface area (TPSA) is 44.7 Å². The lowest BCUT2D eigenvalue weighted by atomic mass is 9.94. The molecule has 2 unspecified atom stereocenters. The summed E-state index contributed by atoms with van der Waals surface area (Å²) in [5.41, 5.74) is 0.957. The first kappa shape index (κ1) is 22.3. The number of aliphatic hydroxyl groups is 1. The van der Waals surface area contributed by atoms with Crippen LogP contribution in [0, 0.1) is 0 Å². The number of nitrogens with zero attached hydrogens (tertiary/aromatic N) is 1. The minimum atomic E-state index is -0.495. The zero-order valence-electron chi connectivity index (χ0n) is 16.1. The molecule has 0 saturated carbocycles. The maximum atomic E-state index is 11.2. The van der Waals surface area contributed by atoms with E-state index < -0.39 is 6.10 Å². The number of unbranched alkanes of at least 4 members (excludes halogenated alkanes) is 1. The van der Waals surface area contributed by atoms with Crippen LogP contribution in [0.2, 0.25) is 5.02 Å². The summed E-state index contributed by atoms with van der Waals surface area (Å²) in [5, 5.41) is 17.2. The molecule has 0 amide bonds. The Morgan fingerprint density at radius 3 is 2.63 bits per heavy atom. The van der Waals surface area contributed by atoms with Crippen molar-refractivity contribution in [2.75, 3.05) is 33.3 Å². The largest absolute Gasteiger partial charge is 0.495 e. The van der Waals surface area contributed by atoms with Crippen LogP contribution in [0.15, 0.2) is 30.3 Å². The molecule has 0 aliphatic carbocycles. The summed E-state index contributed by atoms with van der Waals surface area (Å²) in [6, 6.07) is 10.1. The Bertz CT molecular complexity index is 735. The number of piperazine rings is 1. The van der Waals surface area contributed by atoms with Gasteiger partial charge in [0.15, 0.2) is 0 Å². The second-order valence-corrected chi connectivity index (χ2v) is 7.38. The van der Waals surface area contributed by atoms with Gasteiger partial charge >= 0.3 is 0 Å². The van der Waals surface area contributed by atoms with Gasteiger partial charge in [0, 0.05) is 37.6 Å². The molecule has 0 bridgehead atoms. The minimum absolute atomic E-state index is 0. The molecule has 1 aliphatic heterocycles. The van der Waals surface area contributed by atoms with Crippen molar-refractivity contribution < 1.29 is 9.84 Å². The van der Waals surface area contributed by atoms with Gasteiger partial charge in [-0.05, 0) is 29.5 Å². The maximum Gasteiger partial charge on any atom is 0.138 e. The number of halogens is 2. The fraction of sp³-hybridized carbons (Fsp3) is 0.524. The third-order valence-corrected chi connectivity index (χ3v) is 5.73. The van der Waals surface area contributed by atoms with Gasteiger partial charge in [0.25, 0.3) is 0 Å².